The second-order valence-corrected chi connectivity index (χ2v) is 4.86. The summed E-state index contributed by atoms with van der Waals surface area (Å²) in [6.07, 6.45) is 1.17. The van der Waals surface area contributed by atoms with E-state index >= 15 is 0 Å². The molecule has 1 unspecified atom stereocenters. The number of primary amides is 1. The molecule has 0 saturated carbocycles. The molecule has 0 aromatic rings. The first kappa shape index (κ1) is 10.5. The van der Waals surface area contributed by atoms with Gasteiger partial charge in [-0.15, -0.1) is 0 Å². The summed E-state index contributed by atoms with van der Waals surface area (Å²) in [5, 5.41) is 0. The van der Waals surface area contributed by atoms with Crippen LogP contribution in [0.2, 0.25) is 0 Å². The summed E-state index contributed by atoms with van der Waals surface area (Å²) in [6, 6.07) is 0. The van der Waals surface area contributed by atoms with Crippen LogP contribution in [0, 0.1) is 11.3 Å². The van der Waals surface area contributed by atoms with Crippen molar-refractivity contribution in [2.45, 2.75) is 27.2 Å². The lowest BCUT2D eigenvalue weighted by Gasteiger charge is -2.42. The highest BCUT2D eigenvalue weighted by Crippen LogP contribution is 2.33. The minimum atomic E-state index is -0.217. The average molecular weight is 184 g/mol. The van der Waals surface area contributed by atoms with Gasteiger partial charge >= 0.3 is 0 Å². The molecule has 3 heteroatoms. The maximum Gasteiger partial charge on any atom is 0.231 e. The maximum absolute atomic E-state index is 10.7. The minimum absolute atomic E-state index is 0.217. The first-order valence-corrected chi connectivity index (χ1v) is 4.92. The van der Waals surface area contributed by atoms with Crippen LogP contribution in [-0.4, -0.2) is 30.4 Å². The Balaban J connectivity index is 2.50. The van der Waals surface area contributed by atoms with Crippen molar-refractivity contribution in [1.82, 2.24) is 4.90 Å². The molecule has 1 aliphatic rings. The quantitative estimate of drug-likeness (QED) is 0.691. The molecule has 76 valence electrons. The van der Waals surface area contributed by atoms with Crippen molar-refractivity contribution < 1.29 is 4.79 Å². The molecule has 0 bridgehead atoms. The first-order chi connectivity index (χ1) is 5.92. The van der Waals surface area contributed by atoms with Gasteiger partial charge in [-0.1, -0.05) is 20.8 Å². The second-order valence-electron chi connectivity index (χ2n) is 4.86. The summed E-state index contributed by atoms with van der Waals surface area (Å²) in [6.45, 7) is 9.19. The molecule has 0 aliphatic carbocycles. The summed E-state index contributed by atoms with van der Waals surface area (Å²) in [5.41, 5.74) is 5.48. The summed E-state index contributed by atoms with van der Waals surface area (Å²) >= 11 is 0. The molecule has 1 saturated heterocycles. The van der Waals surface area contributed by atoms with Crippen LogP contribution in [0.25, 0.3) is 0 Å². The number of hydrogen-bond acceptors (Lipinski definition) is 2. The van der Waals surface area contributed by atoms with E-state index in [1.165, 1.54) is 6.42 Å². The fourth-order valence-corrected chi connectivity index (χ4v) is 1.93. The van der Waals surface area contributed by atoms with E-state index in [4.69, 9.17) is 5.73 Å². The van der Waals surface area contributed by atoms with E-state index < -0.39 is 0 Å². The van der Waals surface area contributed by atoms with Gasteiger partial charge in [-0.05, 0) is 24.3 Å². The van der Waals surface area contributed by atoms with Gasteiger partial charge in [0.25, 0.3) is 0 Å². The number of piperidine rings is 1. The highest BCUT2D eigenvalue weighted by Gasteiger charge is 2.32. The van der Waals surface area contributed by atoms with Gasteiger partial charge in [0, 0.05) is 6.54 Å². The Hall–Kier alpha value is -0.570. The van der Waals surface area contributed by atoms with Gasteiger partial charge in [-0.25, -0.2) is 0 Å². The van der Waals surface area contributed by atoms with Gasteiger partial charge < -0.3 is 5.73 Å². The minimum Gasteiger partial charge on any atom is -0.369 e. The lowest BCUT2D eigenvalue weighted by molar-refractivity contribution is -0.120. The predicted octanol–water partition coefficient (Wildman–Crippen LogP) is 0.840. The van der Waals surface area contributed by atoms with Crippen molar-refractivity contribution in [3.63, 3.8) is 0 Å². The van der Waals surface area contributed by atoms with E-state index in [0.717, 1.165) is 19.0 Å². The third-order valence-electron chi connectivity index (χ3n) is 3.22. The van der Waals surface area contributed by atoms with Crippen LogP contribution >= 0.6 is 0 Å². The number of nitrogens with two attached hydrogens (primary N) is 1. The largest absolute Gasteiger partial charge is 0.369 e. The number of likely N-dealkylation sites (tertiary alicyclic amines) is 1. The zero-order valence-electron chi connectivity index (χ0n) is 8.84. The highest BCUT2D eigenvalue weighted by molar-refractivity contribution is 5.75. The zero-order valence-corrected chi connectivity index (χ0v) is 8.84. The van der Waals surface area contributed by atoms with E-state index in [-0.39, 0.29) is 5.91 Å². The Morgan fingerprint density at radius 1 is 1.62 bits per heavy atom. The molecule has 0 aromatic carbocycles. The summed E-state index contributed by atoms with van der Waals surface area (Å²) < 4.78 is 0. The molecule has 1 rings (SSSR count). The summed E-state index contributed by atoms with van der Waals surface area (Å²) in [5.74, 6) is 0.516. The molecular weight excluding hydrogens is 164 g/mol. The summed E-state index contributed by atoms with van der Waals surface area (Å²) in [7, 11) is 0. The Morgan fingerprint density at radius 2 is 2.23 bits per heavy atom. The molecule has 3 nitrogen and oxygen atoms in total. The number of rotatable bonds is 2. The van der Waals surface area contributed by atoms with Crippen molar-refractivity contribution in [2.75, 3.05) is 19.6 Å². The Labute approximate surface area is 80.3 Å². The number of amides is 1. The Morgan fingerprint density at radius 3 is 2.69 bits per heavy atom. The van der Waals surface area contributed by atoms with Crippen molar-refractivity contribution >= 4 is 5.91 Å². The molecule has 0 spiro atoms. The fourth-order valence-electron chi connectivity index (χ4n) is 1.93. The van der Waals surface area contributed by atoms with Crippen LogP contribution in [0.15, 0.2) is 0 Å². The number of hydrogen-bond donors (Lipinski definition) is 1. The third kappa shape index (κ3) is 2.69. The zero-order chi connectivity index (χ0) is 10.1. The average Bonchev–Trinajstić information content (AvgIpc) is 1.95. The lowest BCUT2D eigenvalue weighted by Crippen LogP contribution is -2.47. The molecule has 1 amide bonds. The van der Waals surface area contributed by atoms with Crippen LogP contribution in [0.3, 0.4) is 0 Å². The SMILES string of the molecule is CC1CCN(CC(N)=O)CC1(C)C. The molecule has 0 radical (unpaired) electrons. The topological polar surface area (TPSA) is 46.3 Å². The number of nitrogens with zero attached hydrogens (tertiary/aromatic N) is 1. The fraction of sp³-hybridized carbons (Fsp3) is 0.900. The van der Waals surface area contributed by atoms with Crippen LogP contribution < -0.4 is 5.73 Å². The molecule has 1 heterocycles. The Kier molecular flexibility index (Phi) is 2.96. The van der Waals surface area contributed by atoms with Gasteiger partial charge in [-0.2, -0.15) is 0 Å². The summed E-state index contributed by atoms with van der Waals surface area (Å²) in [4.78, 5) is 12.9. The standard InChI is InChI=1S/C10H20N2O/c1-8-4-5-12(6-9(11)13)7-10(8,2)3/h8H,4-7H2,1-3H3,(H2,11,13). The van der Waals surface area contributed by atoms with Gasteiger partial charge in [-0.3, -0.25) is 9.69 Å². The monoisotopic (exact) mass is 184 g/mol. The van der Waals surface area contributed by atoms with E-state index in [0.29, 0.717) is 12.0 Å². The van der Waals surface area contributed by atoms with Crippen molar-refractivity contribution in [3.8, 4) is 0 Å². The van der Waals surface area contributed by atoms with Crippen LogP contribution in [0.5, 0.6) is 0 Å². The first-order valence-electron chi connectivity index (χ1n) is 4.92. The Bertz CT molecular complexity index is 201. The van der Waals surface area contributed by atoms with E-state index in [2.05, 4.69) is 25.7 Å². The highest BCUT2D eigenvalue weighted by atomic mass is 16.1. The second kappa shape index (κ2) is 3.66. The molecule has 2 N–H and O–H groups in total. The maximum atomic E-state index is 10.7. The smallest absolute Gasteiger partial charge is 0.231 e. The van der Waals surface area contributed by atoms with Gasteiger partial charge in [0.2, 0.25) is 5.91 Å². The number of carbonyl (C=O) groups is 1. The molecule has 1 fully saturated rings. The molecule has 0 aromatic heterocycles. The third-order valence-corrected chi connectivity index (χ3v) is 3.22. The van der Waals surface area contributed by atoms with Gasteiger partial charge in [0.1, 0.15) is 0 Å². The van der Waals surface area contributed by atoms with Crippen molar-refractivity contribution in [1.29, 1.82) is 0 Å². The van der Waals surface area contributed by atoms with E-state index in [1.807, 2.05) is 0 Å². The van der Waals surface area contributed by atoms with Crippen LogP contribution in [0.1, 0.15) is 27.2 Å². The van der Waals surface area contributed by atoms with E-state index in [9.17, 15) is 4.79 Å². The molecule has 1 atom stereocenters. The number of carbonyl (C=O) groups excluding carboxylic acids is 1. The normalized spacial score (nSPS) is 28.7. The molecule has 13 heavy (non-hydrogen) atoms. The predicted molar refractivity (Wildman–Crippen MR) is 53.2 cm³/mol. The lowest BCUT2D eigenvalue weighted by atomic mass is 9.75. The van der Waals surface area contributed by atoms with Gasteiger partial charge in [0.15, 0.2) is 0 Å². The van der Waals surface area contributed by atoms with Crippen molar-refractivity contribution in [2.24, 2.45) is 17.1 Å². The van der Waals surface area contributed by atoms with Crippen molar-refractivity contribution in [3.05, 3.63) is 0 Å². The van der Waals surface area contributed by atoms with E-state index in [1.54, 1.807) is 0 Å². The van der Waals surface area contributed by atoms with Crippen LogP contribution in [-0.2, 0) is 4.79 Å². The van der Waals surface area contributed by atoms with Crippen LogP contribution in [0.4, 0.5) is 0 Å². The van der Waals surface area contributed by atoms with Gasteiger partial charge in [0.05, 0.1) is 6.54 Å². The molecular formula is C10H20N2O. The molecule has 1 aliphatic heterocycles.